The van der Waals surface area contributed by atoms with Gasteiger partial charge in [-0.2, -0.15) is 0 Å². The third-order valence-corrected chi connectivity index (χ3v) is 3.56. The minimum Gasteiger partial charge on any atom is -0.379 e. The molecule has 1 saturated carbocycles. The van der Waals surface area contributed by atoms with Crippen LogP contribution in [-0.4, -0.2) is 30.2 Å². The fourth-order valence-corrected chi connectivity index (χ4v) is 2.14. The molecule has 106 valence electrons. The molecule has 0 aromatic carbocycles. The van der Waals surface area contributed by atoms with Gasteiger partial charge in [-0.25, -0.2) is 0 Å². The van der Waals surface area contributed by atoms with Gasteiger partial charge in [0.2, 0.25) is 5.91 Å². The summed E-state index contributed by atoms with van der Waals surface area (Å²) in [5.74, 6) is -0.254. The average molecular weight is 256 g/mol. The van der Waals surface area contributed by atoms with Gasteiger partial charge in [-0.15, -0.1) is 0 Å². The van der Waals surface area contributed by atoms with Crippen LogP contribution in [0.15, 0.2) is 0 Å². The van der Waals surface area contributed by atoms with Crippen LogP contribution in [0.5, 0.6) is 0 Å². The Bertz CT molecular complexity index is 267. The number of nitrogens with one attached hydrogen (secondary N) is 1. The quantitative estimate of drug-likeness (QED) is 0.587. The molecule has 1 fully saturated rings. The number of nitrogens with two attached hydrogens (primary N) is 1. The molecular weight excluding hydrogens is 228 g/mol. The fraction of sp³-hybridized carbons (Fsp3) is 0.929. The number of ether oxygens (including phenoxy) is 1. The lowest BCUT2D eigenvalue weighted by molar-refractivity contribution is -0.124. The van der Waals surface area contributed by atoms with E-state index in [0.717, 1.165) is 38.5 Å². The Kier molecular flexibility index (Phi) is 6.09. The van der Waals surface area contributed by atoms with Crippen molar-refractivity contribution in [2.24, 2.45) is 5.73 Å². The number of amides is 1. The van der Waals surface area contributed by atoms with Crippen molar-refractivity contribution < 1.29 is 9.53 Å². The number of hydrogen-bond acceptors (Lipinski definition) is 3. The summed E-state index contributed by atoms with van der Waals surface area (Å²) in [5.41, 5.74) is 4.92. The predicted octanol–water partition coefficient (Wildman–Crippen LogP) is 1.97. The van der Waals surface area contributed by atoms with Gasteiger partial charge in [-0.1, -0.05) is 13.3 Å². The molecule has 0 heterocycles. The van der Waals surface area contributed by atoms with Crippen LogP contribution < -0.4 is 11.1 Å². The van der Waals surface area contributed by atoms with E-state index in [4.69, 9.17) is 10.5 Å². The summed E-state index contributed by atoms with van der Waals surface area (Å²) in [6, 6.07) is 0.488. The van der Waals surface area contributed by atoms with Gasteiger partial charge in [0.25, 0.3) is 0 Å². The summed E-state index contributed by atoms with van der Waals surface area (Å²) in [6.45, 7) is 6.86. The Morgan fingerprint density at radius 3 is 2.72 bits per heavy atom. The summed E-state index contributed by atoms with van der Waals surface area (Å²) < 4.78 is 5.70. The van der Waals surface area contributed by atoms with Crippen molar-refractivity contribution in [1.29, 1.82) is 0 Å². The molecule has 0 aliphatic heterocycles. The van der Waals surface area contributed by atoms with Gasteiger partial charge in [0.1, 0.15) is 0 Å². The molecule has 0 radical (unpaired) electrons. The van der Waals surface area contributed by atoms with E-state index in [1.165, 1.54) is 0 Å². The molecule has 1 amide bonds. The lowest BCUT2D eigenvalue weighted by Gasteiger charge is -2.27. The molecule has 0 aromatic heterocycles. The minimum atomic E-state index is -0.571. The van der Waals surface area contributed by atoms with E-state index >= 15 is 0 Å². The lowest BCUT2D eigenvalue weighted by Crippen LogP contribution is -2.54. The predicted molar refractivity (Wildman–Crippen MR) is 73.3 cm³/mol. The second kappa shape index (κ2) is 7.10. The highest BCUT2D eigenvalue weighted by Crippen LogP contribution is 2.24. The van der Waals surface area contributed by atoms with Crippen LogP contribution in [-0.2, 0) is 9.53 Å². The molecular formula is C14H28N2O2. The molecule has 4 heteroatoms. The third kappa shape index (κ3) is 5.36. The first-order valence-corrected chi connectivity index (χ1v) is 7.17. The second-order valence-electron chi connectivity index (χ2n) is 5.69. The first-order valence-electron chi connectivity index (χ1n) is 7.17. The zero-order valence-electron chi connectivity index (χ0n) is 12.0. The largest absolute Gasteiger partial charge is 0.379 e. The van der Waals surface area contributed by atoms with Crippen molar-refractivity contribution in [2.45, 2.75) is 77.0 Å². The molecule has 0 saturated heterocycles. The molecule has 0 bridgehead atoms. The first kappa shape index (κ1) is 15.4. The molecule has 2 unspecified atom stereocenters. The van der Waals surface area contributed by atoms with Crippen molar-refractivity contribution in [1.82, 2.24) is 5.32 Å². The molecule has 18 heavy (non-hydrogen) atoms. The lowest BCUT2D eigenvalue weighted by atomic mass is 9.95. The number of carbonyl (C=O) groups excluding carboxylic acids is 1. The van der Waals surface area contributed by atoms with Crippen LogP contribution in [0.2, 0.25) is 0 Å². The molecule has 0 aromatic rings. The molecule has 0 spiro atoms. The van der Waals surface area contributed by atoms with Crippen molar-refractivity contribution in [3.8, 4) is 0 Å². The maximum Gasteiger partial charge on any atom is 0.237 e. The summed E-state index contributed by atoms with van der Waals surface area (Å²) in [4.78, 5) is 11.5. The van der Waals surface area contributed by atoms with Gasteiger partial charge < -0.3 is 15.8 Å². The van der Waals surface area contributed by atoms with Crippen LogP contribution in [0, 0.1) is 0 Å². The summed E-state index contributed by atoms with van der Waals surface area (Å²) >= 11 is 0. The highest BCUT2D eigenvalue weighted by atomic mass is 16.5. The summed E-state index contributed by atoms with van der Waals surface area (Å²) in [6.07, 6.45) is 6.48. The number of carbonyl (C=O) groups is 1. The summed E-state index contributed by atoms with van der Waals surface area (Å²) in [7, 11) is 0. The van der Waals surface area contributed by atoms with Gasteiger partial charge >= 0.3 is 0 Å². The van der Waals surface area contributed by atoms with E-state index in [0.29, 0.717) is 18.8 Å². The average Bonchev–Trinajstić information content (AvgIpc) is 3.08. The zero-order valence-corrected chi connectivity index (χ0v) is 12.0. The Hall–Kier alpha value is -0.610. The second-order valence-corrected chi connectivity index (χ2v) is 5.69. The minimum absolute atomic E-state index is 0.254. The van der Waals surface area contributed by atoms with E-state index in [9.17, 15) is 4.79 Å². The maximum atomic E-state index is 11.5. The SMILES string of the molecule is CCCC(C)OCCCC(C)(NC1CC1)C(N)=O. The molecule has 1 rings (SSSR count). The Morgan fingerprint density at radius 1 is 1.56 bits per heavy atom. The van der Waals surface area contributed by atoms with Gasteiger partial charge in [0.15, 0.2) is 0 Å². The van der Waals surface area contributed by atoms with Crippen molar-refractivity contribution in [3.05, 3.63) is 0 Å². The first-order chi connectivity index (χ1) is 8.48. The van der Waals surface area contributed by atoms with Crippen LogP contribution in [0.4, 0.5) is 0 Å². The van der Waals surface area contributed by atoms with E-state index in [2.05, 4.69) is 19.2 Å². The van der Waals surface area contributed by atoms with Crippen molar-refractivity contribution >= 4 is 5.91 Å². The van der Waals surface area contributed by atoms with Crippen LogP contribution >= 0.6 is 0 Å². The molecule has 1 aliphatic carbocycles. The van der Waals surface area contributed by atoms with Crippen molar-refractivity contribution in [2.75, 3.05) is 6.61 Å². The van der Waals surface area contributed by atoms with Crippen LogP contribution in [0.3, 0.4) is 0 Å². The van der Waals surface area contributed by atoms with Gasteiger partial charge in [0.05, 0.1) is 11.6 Å². The normalized spacial score (nSPS) is 20.4. The van der Waals surface area contributed by atoms with Crippen LogP contribution in [0.25, 0.3) is 0 Å². The maximum absolute atomic E-state index is 11.5. The standard InChI is InChI=1S/C14H28N2O2/c1-4-6-11(2)18-10-5-9-14(3,13(15)17)16-12-7-8-12/h11-12,16H,4-10H2,1-3H3,(H2,15,17). The van der Waals surface area contributed by atoms with Crippen molar-refractivity contribution in [3.63, 3.8) is 0 Å². The number of rotatable bonds is 10. The monoisotopic (exact) mass is 256 g/mol. The van der Waals surface area contributed by atoms with Crippen LogP contribution in [0.1, 0.15) is 59.3 Å². The van der Waals surface area contributed by atoms with E-state index in [1.54, 1.807) is 0 Å². The van der Waals surface area contributed by atoms with E-state index in [1.807, 2.05) is 6.92 Å². The van der Waals surface area contributed by atoms with E-state index in [-0.39, 0.29) is 5.91 Å². The molecule has 4 nitrogen and oxygen atoms in total. The highest BCUT2D eigenvalue weighted by Gasteiger charge is 2.36. The van der Waals surface area contributed by atoms with E-state index < -0.39 is 5.54 Å². The Balaban J connectivity index is 2.22. The Labute approximate surface area is 111 Å². The fourth-order valence-electron chi connectivity index (χ4n) is 2.14. The molecule has 1 aliphatic rings. The topological polar surface area (TPSA) is 64.3 Å². The zero-order chi connectivity index (χ0) is 13.6. The summed E-state index contributed by atoms with van der Waals surface area (Å²) in [5, 5.41) is 3.35. The van der Waals surface area contributed by atoms with Gasteiger partial charge in [0, 0.05) is 12.6 Å². The molecule has 3 N–H and O–H groups in total. The third-order valence-electron chi connectivity index (χ3n) is 3.56. The van der Waals surface area contributed by atoms with Gasteiger partial charge in [-0.05, 0) is 46.0 Å². The number of hydrogen-bond donors (Lipinski definition) is 2. The Morgan fingerprint density at radius 2 is 2.22 bits per heavy atom. The smallest absolute Gasteiger partial charge is 0.237 e. The van der Waals surface area contributed by atoms with Gasteiger partial charge in [-0.3, -0.25) is 4.79 Å². The number of primary amides is 1. The highest BCUT2D eigenvalue weighted by molar-refractivity contribution is 5.84. The molecule has 2 atom stereocenters.